The summed E-state index contributed by atoms with van der Waals surface area (Å²) >= 11 is 2.97. The maximum absolute atomic E-state index is 13.2. The zero-order valence-corrected chi connectivity index (χ0v) is 9.14. The van der Waals surface area contributed by atoms with Gasteiger partial charge in [0.1, 0.15) is 17.9 Å². The Labute approximate surface area is 89.3 Å². The van der Waals surface area contributed by atoms with Gasteiger partial charge in [0, 0.05) is 12.5 Å². The molecule has 0 aromatic heterocycles. The van der Waals surface area contributed by atoms with Crippen molar-refractivity contribution in [2.45, 2.75) is 19.3 Å². The largest absolute Gasteiger partial charge is 0.303 e. The lowest BCUT2D eigenvalue weighted by Gasteiger charge is -2.10. The lowest BCUT2D eigenvalue weighted by Crippen LogP contribution is -1.99. The predicted octanol–water partition coefficient (Wildman–Crippen LogP) is 3.42. The van der Waals surface area contributed by atoms with Crippen molar-refractivity contribution in [3.05, 3.63) is 33.8 Å². The summed E-state index contributed by atoms with van der Waals surface area (Å²) in [5, 5.41) is 0. The SMILES string of the molecule is CC(CC=O)c1cc(Br)c(F)cc1F. The van der Waals surface area contributed by atoms with Gasteiger partial charge in [0.15, 0.2) is 0 Å². The van der Waals surface area contributed by atoms with E-state index in [2.05, 4.69) is 15.9 Å². The topological polar surface area (TPSA) is 17.1 Å². The smallest absolute Gasteiger partial charge is 0.140 e. The first kappa shape index (κ1) is 11.3. The first-order valence-electron chi connectivity index (χ1n) is 4.14. The van der Waals surface area contributed by atoms with Gasteiger partial charge in [0.2, 0.25) is 0 Å². The standard InChI is InChI=1S/C10H9BrF2O/c1-6(2-3-14)7-4-8(11)10(13)5-9(7)12/h3-6H,2H2,1H3. The molecule has 0 amide bonds. The third-order valence-corrected chi connectivity index (χ3v) is 2.63. The zero-order valence-electron chi connectivity index (χ0n) is 7.56. The van der Waals surface area contributed by atoms with E-state index < -0.39 is 11.6 Å². The average Bonchev–Trinajstić information content (AvgIpc) is 2.11. The van der Waals surface area contributed by atoms with Gasteiger partial charge in [-0.2, -0.15) is 0 Å². The van der Waals surface area contributed by atoms with E-state index in [9.17, 15) is 13.6 Å². The van der Waals surface area contributed by atoms with Crippen molar-refractivity contribution in [3.63, 3.8) is 0 Å². The van der Waals surface area contributed by atoms with Gasteiger partial charge in [-0.25, -0.2) is 8.78 Å². The van der Waals surface area contributed by atoms with E-state index >= 15 is 0 Å². The Morgan fingerprint density at radius 3 is 2.64 bits per heavy atom. The van der Waals surface area contributed by atoms with Gasteiger partial charge in [-0.1, -0.05) is 6.92 Å². The fraction of sp³-hybridized carbons (Fsp3) is 0.300. The predicted molar refractivity (Wildman–Crippen MR) is 53.2 cm³/mol. The Morgan fingerprint density at radius 2 is 2.07 bits per heavy atom. The fourth-order valence-electron chi connectivity index (χ4n) is 1.19. The molecule has 0 aliphatic carbocycles. The number of halogens is 3. The Bertz CT molecular complexity index is 352. The van der Waals surface area contributed by atoms with E-state index in [1.165, 1.54) is 6.07 Å². The van der Waals surface area contributed by atoms with Gasteiger partial charge in [0.25, 0.3) is 0 Å². The van der Waals surface area contributed by atoms with Crippen molar-refractivity contribution in [2.75, 3.05) is 0 Å². The molecule has 0 N–H and O–H groups in total. The second kappa shape index (κ2) is 4.64. The molecule has 1 aromatic rings. The van der Waals surface area contributed by atoms with Crippen LogP contribution in [0.15, 0.2) is 16.6 Å². The summed E-state index contributed by atoms with van der Waals surface area (Å²) in [6.07, 6.45) is 0.955. The van der Waals surface area contributed by atoms with Crippen LogP contribution in [0.2, 0.25) is 0 Å². The minimum atomic E-state index is -0.635. The molecule has 0 saturated heterocycles. The lowest BCUT2D eigenvalue weighted by atomic mass is 9.98. The Morgan fingerprint density at radius 1 is 1.43 bits per heavy atom. The van der Waals surface area contributed by atoms with Crippen LogP contribution in [0.5, 0.6) is 0 Å². The van der Waals surface area contributed by atoms with Crippen LogP contribution >= 0.6 is 15.9 Å². The van der Waals surface area contributed by atoms with Crippen LogP contribution < -0.4 is 0 Å². The minimum Gasteiger partial charge on any atom is -0.303 e. The van der Waals surface area contributed by atoms with Crippen molar-refractivity contribution in [2.24, 2.45) is 0 Å². The summed E-state index contributed by atoms with van der Waals surface area (Å²) in [4.78, 5) is 10.2. The summed E-state index contributed by atoms with van der Waals surface area (Å²) in [6, 6.07) is 2.19. The van der Waals surface area contributed by atoms with Crippen LogP contribution in [0.3, 0.4) is 0 Å². The summed E-state index contributed by atoms with van der Waals surface area (Å²) in [7, 11) is 0. The highest BCUT2D eigenvalue weighted by molar-refractivity contribution is 9.10. The third-order valence-electron chi connectivity index (χ3n) is 2.02. The van der Waals surface area contributed by atoms with Crippen LogP contribution in [-0.2, 0) is 4.79 Å². The number of hydrogen-bond donors (Lipinski definition) is 0. The summed E-state index contributed by atoms with van der Waals surface area (Å²) in [6.45, 7) is 1.72. The number of hydrogen-bond acceptors (Lipinski definition) is 1. The Balaban J connectivity index is 3.08. The molecular formula is C10H9BrF2O. The Hall–Kier alpha value is -0.770. The van der Waals surface area contributed by atoms with E-state index in [0.29, 0.717) is 5.56 Å². The van der Waals surface area contributed by atoms with Crippen molar-refractivity contribution < 1.29 is 13.6 Å². The molecule has 0 radical (unpaired) electrons. The fourth-order valence-corrected chi connectivity index (χ4v) is 1.55. The van der Waals surface area contributed by atoms with Gasteiger partial charge in [0.05, 0.1) is 4.47 Å². The molecule has 14 heavy (non-hydrogen) atoms. The van der Waals surface area contributed by atoms with Gasteiger partial charge in [-0.05, 0) is 33.5 Å². The number of carbonyl (C=O) groups is 1. The van der Waals surface area contributed by atoms with Crippen molar-refractivity contribution >= 4 is 22.2 Å². The van der Waals surface area contributed by atoms with Crippen LogP contribution in [0.25, 0.3) is 0 Å². The number of rotatable bonds is 3. The first-order valence-corrected chi connectivity index (χ1v) is 4.93. The summed E-state index contributed by atoms with van der Waals surface area (Å²) in [5.41, 5.74) is 0.352. The quantitative estimate of drug-likeness (QED) is 0.603. The van der Waals surface area contributed by atoms with Crippen LogP contribution in [0.1, 0.15) is 24.8 Å². The molecule has 0 bridgehead atoms. The molecule has 0 heterocycles. The second-order valence-corrected chi connectivity index (χ2v) is 3.95. The molecule has 1 aromatic carbocycles. The first-order chi connectivity index (χ1) is 6.56. The number of benzene rings is 1. The monoisotopic (exact) mass is 262 g/mol. The van der Waals surface area contributed by atoms with Gasteiger partial charge < -0.3 is 4.79 Å². The molecular weight excluding hydrogens is 254 g/mol. The molecule has 0 aliphatic rings. The highest BCUT2D eigenvalue weighted by Gasteiger charge is 2.13. The second-order valence-electron chi connectivity index (χ2n) is 3.09. The number of aldehydes is 1. The summed E-state index contributed by atoms with van der Waals surface area (Å²) in [5.74, 6) is -1.48. The van der Waals surface area contributed by atoms with Crippen molar-refractivity contribution in [1.29, 1.82) is 0 Å². The molecule has 1 unspecified atom stereocenters. The highest BCUT2D eigenvalue weighted by Crippen LogP contribution is 2.26. The van der Waals surface area contributed by atoms with Gasteiger partial charge >= 0.3 is 0 Å². The highest BCUT2D eigenvalue weighted by atomic mass is 79.9. The van der Waals surface area contributed by atoms with Crippen molar-refractivity contribution in [1.82, 2.24) is 0 Å². The Kier molecular flexibility index (Phi) is 3.75. The minimum absolute atomic E-state index is 0.214. The zero-order chi connectivity index (χ0) is 10.7. The van der Waals surface area contributed by atoms with Gasteiger partial charge in [-0.15, -0.1) is 0 Å². The maximum Gasteiger partial charge on any atom is 0.140 e. The van der Waals surface area contributed by atoms with E-state index in [1.54, 1.807) is 6.92 Å². The molecule has 1 nitrogen and oxygen atoms in total. The molecule has 76 valence electrons. The van der Waals surface area contributed by atoms with Crippen LogP contribution in [-0.4, -0.2) is 6.29 Å². The van der Waals surface area contributed by atoms with E-state index in [1.807, 2.05) is 0 Å². The van der Waals surface area contributed by atoms with Crippen LogP contribution in [0.4, 0.5) is 8.78 Å². The molecule has 0 aliphatic heterocycles. The molecule has 4 heteroatoms. The third kappa shape index (κ3) is 2.38. The molecule has 0 saturated carbocycles. The molecule has 1 atom stereocenters. The van der Waals surface area contributed by atoms with Crippen LogP contribution in [0, 0.1) is 11.6 Å². The molecule has 0 fully saturated rings. The van der Waals surface area contributed by atoms with E-state index in [0.717, 1.165) is 12.4 Å². The molecule has 1 rings (SSSR count). The van der Waals surface area contributed by atoms with Gasteiger partial charge in [-0.3, -0.25) is 0 Å². The van der Waals surface area contributed by atoms with E-state index in [4.69, 9.17) is 0 Å². The van der Waals surface area contributed by atoms with Crippen molar-refractivity contribution in [3.8, 4) is 0 Å². The molecule has 0 spiro atoms. The average molecular weight is 263 g/mol. The maximum atomic E-state index is 13.2. The summed E-state index contributed by atoms with van der Waals surface area (Å²) < 4.78 is 26.3. The normalized spacial score (nSPS) is 12.6. The lowest BCUT2D eigenvalue weighted by molar-refractivity contribution is -0.108. The van der Waals surface area contributed by atoms with E-state index in [-0.39, 0.29) is 16.8 Å². The number of carbonyl (C=O) groups excluding carboxylic acids is 1.